The minimum atomic E-state index is -0.253. The van der Waals surface area contributed by atoms with Crippen LogP contribution >= 0.6 is 0 Å². The van der Waals surface area contributed by atoms with Crippen molar-refractivity contribution in [1.82, 2.24) is 5.32 Å². The molecule has 0 heterocycles. The Bertz CT molecular complexity index is 562. The van der Waals surface area contributed by atoms with Crippen molar-refractivity contribution in [2.45, 2.75) is 47.1 Å². The monoisotopic (exact) mass is 320 g/mol. The summed E-state index contributed by atoms with van der Waals surface area (Å²) in [6, 6.07) is 5.85. The highest BCUT2D eigenvalue weighted by atomic mass is 16.2. The van der Waals surface area contributed by atoms with Gasteiger partial charge < -0.3 is 15.5 Å². The smallest absolute Gasteiger partial charge is 0.279 e. The Labute approximate surface area is 139 Å². The van der Waals surface area contributed by atoms with Crippen LogP contribution in [0.2, 0.25) is 0 Å². The van der Waals surface area contributed by atoms with Crippen LogP contribution < -0.4 is 15.5 Å². The normalized spacial score (nSPS) is 12.6. The van der Waals surface area contributed by atoms with Crippen molar-refractivity contribution in [2.24, 2.45) is 0 Å². The third-order valence-electron chi connectivity index (χ3n) is 3.71. The van der Waals surface area contributed by atoms with E-state index in [0.29, 0.717) is 6.54 Å². The van der Waals surface area contributed by atoms with Crippen LogP contribution in [0.1, 0.15) is 38.8 Å². The number of rotatable bonds is 6. The van der Waals surface area contributed by atoms with Gasteiger partial charge in [-0.25, -0.2) is 0 Å². The van der Waals surface area contributed by atoms with E-state index in [4.69, 9.17) is 0 Å². The number of aryl methyl sites for hydroxylation is 1. The maximum atomic E-state index is 12.2. The Morgan fingerprint density at radius 1 is 1.09 bits per heavy atom. The lowest BCUT2D eigenvalue weighted by atomic mass is 10.1. The second kappa shape index (κ2) is 8.11. The number of amides is 2. The van der Waals surface area contributed by atoms with Crippen molar-refractivity contribution >= 4 is 17.5 Å². The molecule has 5 heteroatoms. The summed E-state index contributed by atoms with van der Waals surface area (Å²) in [6.07, 6.45) is 0. The number of carbonyl (C=O) groups excluding carboxylic acids is 2. The van der Waals surface area contributed by atoms with Crippen molar-refractivity contribution in [3.05, 3.63) is 29.3 Å². The lowest BCUT2D eigenvalue weighted by molar-refractivity contribution is -0.881. The van der Waals surface area contributed by atoms with E-state index in [1.54, 1.807) is 0 Å². The highest BCUT2D eigenvalue weighted by Crippen LogP contribution is 2.17. The van der Waals surface area contributed by atoms with Crippen LogP contribution in [0.5, 0.6) is 0 Å². The van der Waals surface area contributed by atoms with Gasteiger partial charge in [0, 0.05) is 11.2 Å². The molecule has 0 aromatic heterocycles. The highest BCUT2D eigenvalue weighted by molar-refractivity contribution is 5.92. The quantitative estimate of drug-likeness (QED) is 0.734. The van der Waals surface area contributed by atoms with Gasteiger partial charge >= 0.3 is 0 Å². The molecular weight excluding hydrogens is 290 g/mol. The standard InChI is InChI=1S/C18H29N3O2/c1-7-21(12-17(23)20-18(4,5)6)11-16(22)19-15-10-8-9-13(2)14(15)3/h8-10H,7,11-12H2,1-6H3,(H,19,22)(H,20,23)/p+1. The molecule has 1 unspecified atom stereocenters. The van der Waals surface area contributed by atoms with Crippen LogP contribution in [0.3, 0.4) is 0 Å². The zero-order chi connectivity index (χ0) is 17.6. The first-order valence-electron chi connectivity index (χ1n) is 8.13. The molecule has 0 aliphatic heterocycles. The molecule has 1 aromatic carbocycles. The molecule has 0 fully saturated rings. The van der Waals surface area contributed by atoms with Gasteiger partial charge in [0.05, 0.1) is 6.54 Å². The summed E-state index contributed by atoms with van der Waals surface area (Å²) in [5.41, 5.74) is 2.80. The molecule has 0 aliphatic rings. The van der Waals surface area contributed by atoms with Gasteiger partial charge in [0.25, 0.3) is 11.8 Å². The fourth-order valence-electron chi connectivity index (χ4n) is 2.31. The Morgan fingerprint density at radius 2 is 1.70 bits per heavy atom. The van der Waals surface area contributed by atoms with Crippen LogP contribution in [0.25, 0.3) is 0 Å². The summed E-state index contributed by atoms with van der Waals surface area (Å²) in [7, 11) is 0. The lowest BCUT2D eigenvalue weighted by Gasteiger charge is -2.23. The molecule has 0 radical (unpaired) electrons. The third-order valence-corrected chi connectivity index (χ3v) is 3.71. The number of hydrogen-bond acceptors (Lipinski definition) is 2. The molecule has 1 atom stereocenters. The molecule has 0 spiro atoms. The van der Waals surface area contributed by atoms with Crippen molar-refractivity contribution in [1.29, 1.82) is 0 Å². The Kier molecular flexibility index (Phi) is 6.76. The lowest BCUT2D eigenvalue weighted by Crippen LogP contribution is -3.14. The molecule has 0 bridgehead atoms. The minimum Gasteiger partial charge on any atom is -0.347 e. The molecular formula is C18H30N3O2+. The van der Waals surface area contributed by atoms with E-state index in [2.05, 4.69) is 10.6 Å². The number of quaternary nitrogens is 1. The summed E-state index contributed by atoms with van der Waals surface area (Å²) in [4.78, 5) is 25.2. The SMILES string of the molecule is CC[NH+](CC(=O)Nc1cccc(C)c1C)CC(=O)NC(C)(C)C. The van der Waals surface area contributed by atoms with Crippen molar-refractivity contribution in [3.63, 3.8) is 0 Å². The van der Waals surface area contributed by atoms with E-state index >= 15 is 0 Å². The number of nitrogens with one attached hydrogen (secondary N) is 3. The fourth-order valence-corrected chi connectivity index (χ4v) is 2.31. The predicted molar refractivity (Wildman–Crippen MR) is 93.7 cm³/mol. The first-order valence-corrected chi connectivity index (χ1v) is 8.13. The number of benzene rings is 1. The average Bonchev–Trinajstić information content (AvgIpc) is 2.41. The molecule has 23 heavy (non-hydrogen) atoms. The van der Waals surface area contributed by atoms with Crippen molar-refractivity contribution in [2.75, 3.05) is 25.0 Å². The van der Waals surface area contributed by atoms with E-state index in [1.807, 2.05) is 59.7 Å². The summed E-state index contributed by atoms with van der Waals surface area (Å²) in [5, 5.41) is 5.88. The van der Waals surface area contributed by atoms with E-state index in [1.165, 1.54) is 0 Å². The summed E-state index contributed by atoms with van der Waals surface area (Å²) < 4.78 is 0. The molecule has 1 aromatic rings. The molecule has 3 N–H and O–H groups in total. The van der Waals surface area contributed by atoms with E-state index in [0.717, 1.165) is 28.3 Å². The van der Waals surface area contributed by atoms with E-state index in [9.17, 15) is 9.59 Å². The first-order chi connectivity index (χ1) is 10.6. The van der Waals surface area contributed by atoms with E-state index < -0.39 is 0 Å². The minimum absolute atomic E-state index is 0.0334. The molecule has 0 saturated heterocycles. The largest absolute Gasteiger partial charge is 0.347 e. The van der Waals surface area contributed by atoms with Crippen LogP contribution in [0, 0.1) is 13.8 Å². The maximum absolute atomic E-state index is 12.2. The second-order valence-electron chi connectivity index (χ2n) is 7.05. The van der Waals surface area contributed by atoms with Crippen LogP contribution in [0.15, 0.2) is 18.2 Å². The van der Waals surface area contributed by atoms with Crippen molar-refractivity contribution in [3.8, 4) is 0 Å². The summed E-state index contributed by atoms with van der Waals surface area (Å²) >= 11 is 0. The maximum Gasteiger partial charge on any atom is 0.279 e. The molecule has 2 amide bonds. The number of hydrogen-bond donors (Lipinski definition) is 3. The van der Waals surface area contributed by atoms with Gasteiger partial charge in [0.1, 0.15) is 0 Å². The first kappa shape index (κ1) is 19.2. The van der Waals surface area contributed by atoms with Gasteiger partial charge in [0.2, 0.25) is 0 Å². The van der Waals surface area contributed by atoms with Gasteiger partial charge in [-0.3, -0.25) is 9.59 Å². The zero-order valence-corrected chi connectivity index (χ0v) is 15.2. The predicted octanol–water partition coefficient (Wildman–Crippen LogP) is 1.06. The average molecular weight is 320 g/mol. The fraction of sp³-hybridized carbons (Fsp3) is 0.556. The van der Waals surface area contributed by atoms with Gasteiger partial charge in [-0.1, -0.05) is 12.1 Å². The van der Waals surface area contributed by atoms with Crippen LogP contribution in [-0.2, 0) is 9.59 Å². The molecule has 0 aliphatic carbocycles. The Morgan fingerprint density at radius 3 is 2.26 bits per heavy atom. The Hall–Kier alpha value is -1.88. The van der Waals surface area contributed by atoms with Gasteiger partial charge in [-0.2, -0.15) is 0 Å². The third kappa shape index (κ3) is 6.82. The number of carbonyl (C=O) groups is 2. The zero-order valence-electron chi connectivity index (χ0n) is 15.2. The number of anilines is 1. The Balaban J connectivity index is 2.60. The van der Waals surface area contributed by atoms with Gasteiger partial charge in [-0.05, 0) is 58.7 Å². The summed E-state index contributed by atoms with van der Waals surface area (Å²) in [5.74, 6) is -0.104. The van der Waals surface area contributed by atoms with Crippen molar-refractivity contribution < 1.29 is 14.5 Å². The van der Waals surface area contributed by atoms with Gasteiger partial charge in [0.15, 0.2) is 13.1 Å². The molecule has 1 rings (SSSR count). The topological polar surface area (TPSA) is 62.6 Å². The van der Waals surface area contributed by atoms with Crippen LogP contribution in [-0.4, -0.2) is 37.0 Å². The summed E-state index contributed by atoms with van der Waals surface area (Å²) in [6.45, 7) is 13.1. The molecule has 0 saturated carbocycles. The van der Waals surface area contributed by atoms with Gasteiger partial charge in [-0.15, -0.1) is 0 Å². The second-order valence-corrected chi connectivity index (χ2v) is 7.05. The molecule has 128 valence electrons. The van der Waals surface area contributed by atoms with E-state index in [-0.39, 0.29) is 23.9 Å². The number of likely N-dealkylation sites (N-methyl/N-ethyl adjacent to an activating group) is 1. The molecule has 5 nitrogen and oxygen atoms in total. The van der Waals surface area contributed by atoms with Crippen LogP contribution in [0.4, 0.5) is 5.69 Å². The highest BCUT2D eigenvalue weighted by Gasteiger charge is 2.20.